The van der Waals surface area contributed by atoms with E-state index in [0.29, 0.717) is 24.9 Å². The number of phenols is 1. The highest BCUT2D eigenvalue weighted by atomic mass is 16.4. The minimum absolute atomic E-state index is 0.0466. The van der Waals surface area contributed by atoms with Gasteiger partial charge in [-0.15, -0.1) is 0 Å². The Labute approximate surface area is 221 Å². The number of aromatic hydroxyl groups is 1. The summed E-state index contributed by atoms with van der Waals surface area (Å²) in [5, 5.41) is 35.3. The standard InChI is InChI=1S/C25H39N5O8/c1-14(2)21(25(37)38)30-24(36)18(5-3-4-12-26)29-23(35)19(10-11-20(32)33)28-22(34)17(27)13-15-6-8-16(31)9-7-15/h6-9,14,17-19,21,31H,3-5,10-13,26-27H2,1-2H3,(H,28,34)(H,29,35)(H,30,36)(H,32,33)(H,37,38). The first-order valence-electron chi connectivity index (χ1n) is 12.4. The molecule has 0 radical (unpaired) electrons. The highest BCUT2D eigenvalue weighted by molar-refractivity contribution is 5.94. The molecule has 0 aliphatic rings. The number of rotatable bonds is 17. The Hall–Kier alpha value is -3.71. The maximum Gasteiger partial charge on any atom is 0.326 e. The van der Waals surface area contributed by atoms with E-state index in [-0.39, 0.29) is 25.0 Å². The van der Waals surface area contributed by atoms with Crippen molar-refractivity contribution < 1.29 is 39.3 Å². The van der Waals surface area contributed by atoms with E-state index in [1.807, 2.05) is 0 Å². The molecule has 0 aliphatic carbocycles. The number of hydrogen-bond donors (Lipinski definition) is 8. The highest BCUT2D eigenvalue weighted by Gasteiger charge is 2.31. The number of carbonyl (C=O) groups is 5. The Balaban J connectivity index is 3.00. The lowest BCUT2D eigenvalue weighted by Gasteiger charge is -2.26. The number of hydrogen-bond acceptors (Lipinski definition) is 8. The molecule has 0 aliphatic heterocycles. The molecule has 0 aromatic heterocycles. The minimum atomic E-state index is -1.31. The van der Waals surface area contributed by atoms with Gasteiger partial charge in [0.05, 0.1) is 6.04 Å². The summed E-state index contributed by atoms with van der Waals surface area (Å²) in [4.78, 5) is 61.4. The van der Waals surface area contributed by atoms with Gasteiger partial charge in [-0.1, -0.05) is 26.0 Å². The third-order valence-corrected chi connectivity index (χ3v) is 5.82. The zero-order valence-electron chi connectivity index (χ0n) is 21.7. The van der Waals surface area contributed by atoms with E-state index in [4.69, 9.17) is 16.6 Å². The Morgan fingerprint density at radius 1 is 0.842 bits per heavy atom. The zero-order valence-corrected chi connectivity index (χ0v) is 21.7. The van der Waals surface area contributed by atoms with Crippen LogP contribution < -0.4 is 27.4 Å². The van der Waals surface area contributed by atoms with Crippen molar-refractivity contribution in [3.05, 3.63) is 29.8 Å². The van der Waals surface area contributed by atoms with Crippen molar-refractivity contribution in [2.45, 2.75) is 76.5 Å². The summed E-state index contributed by atoms with van der Waals surface area (Å²) < 4.78 is 0. The molecule has 38 heavy (non-hydrogen) atoms. The van der Waals surface area contributed by atoms with Crippen molar-refractivity contribution in [3.63, 3.8) is 0 Å². The highest BCUT2D eigenvalue weighted by Crippen LogP contribution is 2.12. The summed E-state index contributed by atoms with van der Waals surface area (Å²) in [7, 11) is 0. The lowest BCUT2D eigenvalue weighted by atomic mass is 10.0. The van der Waals surface area contributed by atoms with Crippen LogP contribution in [0.15, 0.2) is 24.3 Å². The fourth-order valence-corrected chi connectivity index (χ4v) is 3.60. The van der Waals surface area contributed by atoms with E-state index < -0.39 is 66.2 Å². The van der Waals surface area contributed by atoms with Crippen molar-refractivity contribution in [3.8, 4) is 5.75 Å². The van der Waals surface area contributed by atoms with Crippen LogP contribution in [0, 0.1) is 5.92 Å². The van der Waals surface area contributed by atoms with E-state index in [1.54, 1.807) is 26.0 Å². The third kappa shape index (κ3) is 11.6. The maximum atomic E-state index is 13.1. The van der Waals surface area contributed by atoms with Crippen LogP contribution in [-0.4, -0.2) is 75.7 Å². The molecular formula is C25H39N5O8. The van der Waals surface area contributed by atoms with Crippen LogP contribution in [0.1, 0.15) is 51.5 Å². The van der Waals surface area contributed by atoms with E-state index in [0.717, 1.165) is 0 Å². The predicted molar refractivity (Wildman–Crippen MR) is 138 cm³/mol. The van der Waals surface area contributed by atoms with Crippen LogP contribution in [0.5, 0.6) is 5.75 Å². The first kappa shape index (κ1) is 32.3. The first-order chi connectivity index (χ1) is 17.8. The van der Waals surface area contributed by atoms with Gasteiger partial charge < -0.3 is 42.7 Å². The number of carboxylic acid groups (broad SMARTS) is 2. The van der Waals surface area contributed by atoms with Gasteiger partial charge in [0.2, 0.25) is 17.7 Å². The van der Waals surface area contributed by atoms with Crippen molar-refractivity contribution in [2.75, 3.05) is 6.54 Å². The normalized spacial score (nSPS) is 14.1. The van der Waals surface area contributed by atoms with E-state index in [1.165, 1.54) is 12.1 Å². The molecule has 212 valence electrons. The smallest absolute Gasteiger partial charge is 0.326 e. The average molecular weight is 538 g/mol. The molecule has 0 saturated heterocycles. The summed E-state index contributed by atoms with van der Waals surface area (Å²) in [6.07, 6.45) is 0.549. The van der Waals surface area contributed by atoms with E-state index in [9.17, 15) is 34.2 Å². The molecule has 13 heteroatoms. The summed E-state index contributed by atoms with van der Waals surface area (Å²) in [5.41, 5.74) is 12.2. The molecule has 4 atom stereocenters. The summed E-state index contributed by atoms with van der Waals surface area (Å²) >= 11 is 0. The van der Waals surface area contributed by atoms with Gasteiger partial charge in [0.1, 0.15) is 23.9 Å². The number of phenolic OH excluding ortho intramolecular Hbond substituents is 1. The van der Waals surface area contributed by atoms with Gasteiger partial charge in [-0.2, -0.15) is 0 Å². The van der Waals surface area contributed by atoms with Gasteiger partial charge in [0.15, 0.2) is 0 Å². The number of benzene rings is 1. The second-order valence-electron chi connectivity index (χ2n) is 9.38. The minimum Gasteiger partial charge on any atom is -0.508 e. The zero-order chi connectivity index (χ0) is 28.8. The number of nitrogens with one attached hydrogen (secondary N) is 3. The Morgan fingerprint density at radius 3 is 1.92 bits per heavy atom. The fourth-order valence-electron chi connectivity index (χ4n) is 3.60. The van der Waals surface area contributed by atoms with Crippen molar-refractivity contribution in [1.82, 2.24) is 16.0 Å². The summed E-state index contributed by atoms with van der Waals surface area (Å²) in [6, 6.07) is 1.34. The van der Waals surface area contributed by atoms with Crippen molar-refractivity contribution in [2.24, 2.45) is 17.4 Å². The van der Waals surface area contributed by atoms with Crippen LogP contribution in [-0.2, 0) is 30.4 Å². The average Bonchev–Trinajstić information content (AvgIpc) is 2.84. The third-order valence-electron chi connectivity index (χ3n) is 5.82. The molecule has 0 saturated carbocycles. The maximum absolute atomic E-state index is 13.1. The van der Waals surface area contributed by atoms with Gasteiger partial charge in [0, 0.05) is 6.42 Å². The fraction of sp³-hybridized carbons (Fsp3) is 0.560. The molecule has 1 aromatic carbocycles. The van der Waals surface area contributed by atoms with Gasteiger partial charge >= 0.3 is 11.9 Å². The van der Waals surface area contributed by atoms with E-state index >= 15 is 0 Å². The lowest BCUT2D eigenvalue weighted by Crippen LogP contribution is -2.57. The SMILES string of the molecule is CC(C)C(NC(=O)C(CCCCN)NC(=O)C(CCC(=O)O)NC(=O)C(N)Cc1ccc(O)cc1)C(=O)O. The number of nitrogens with two attached hydrogens (primary N) is 2. The van der Waals surface area contributed by atoms with E-state index in [2.05, 4.69) is 16.0 Å². The van der Waals surface area contributed by atoms with Crippen LogP contribution in [0.4, 0.5) is 0 Å². The van der Waals surface area contributed by atoms with Crippen molar-refractivity contribution in [1.29, 1.82) is 0 Å². The molecule has 13 nitrogen and oxygen atoms in total. The van der Waals surface area contributed by atoms with Gasteiger partial charge in [-0.3, -0.25) is 19.2 Å². The largest absolute Gasteiger partial charge is 0.508 e. The quantitative estimate of drug-likeness (QED) is 0.118. The number of carboxylic acids is 2. The molecule has 1 rings (SSSR count). The van der Waals surface area contributed by atoms with Gasteiger partial charge in [0.25, 0.3) is 0 Å². The molecule has 10 N–H and O–H groups in total. The van der Waals surface area contributed by atoms with Crippen molar-refractivity contribution >= 4 is 29.7 Å². The van der Waals surface area contributed by atoms with Gasteiger partial charge in [-0.25, -0.2) is 4.79 Å². The summed E-state index contributed by atoms with van der Waals surface area (Å²) in [6.45, 7) is 3.60. The molecule has 0 fully saturated rings. The summed E-state index contributed by atoms with van der Waals surface area (Å²) in [5.74, 6) is -5.03. The molecule has 0 spiro atoms. The Bertz CT molecular complexity index is 954. The number of amides is 3. The topological polar surface area (TPSA) is 234 Å². The Kier molecular flexibility index (Phi) is 13.8. The monoisotopic (exact) mass is 537 g/mol. The van der Waals surface area contributed by atoms with Crippen LogP contribution >= 0.6 is 0 Å². The van der Waals surface area contributed by atoms with Crippen LogP contribution in [0.3, 0.4) is 0 Å². The van der Waals surface area contributed by atoms with Gasteiger partial charge in [-0.05, 0) is 62.3 Å². The number of unbranched alkanes of at least 4 members (excludes halogenated alkanes) is 1. The predicted octanol–water partition coefficient (Wildman–Crippen LogP) is -0.549. The second-order valence-corrected chi connectivity index (χ2v) is 9.38. The van der Waals surface area contributed by atoms with Crippen LogP contribution in [0.2, 0.25) is 0 Å². The molecule has 3 amide bonds. The van der Waals surface area contributed by atoms with Crippen LogP contribution in [0.25, 0.3) is 0 Å². The molecule has 4 unspecified atom stereocenters. The molecule has 0 bridgehead atoms. The lowest BCUT2D eigenvalue weighted by molar-refractivity contribution is -0.143. The Morgan fingerprint density at radius 2 is 1.39 bits per heavy atom. The molecule has 1 aromatic rings. The second kappa shape index (κ2) is 16.2. The first-order valence-corrected chi connectivity index (χ1v) is 12.4. The molecule has 0 heterocycles. The molecular weight excluding hydrogens is 498 g/mol. The number of aliphatic carboxylic acids is 2. The number of carbonyl (C=O) groups excluding carboxylic acids is 3.